The molecule has 1 N–H and O–H groups in total. The number of nitrogens with zero attached hydrogens (tertiary/aromatic N) is 1. The summed E-state index contributed by atoms with van der Waals surface area (Å²) in [5, 5.41) is 3.17. The third-order valence-corrected chi connectivity index (χ3v) is 6.40. The Morgan fingerprint density at radius 3 is 2.23 bits per heavy atom. The summed E-state index contributed by atoms with van der Waals surface area (Å²) in [6, 6.07) is 13.1. The van der Waals surface area contributed by atoms with Crippen molar-refractivity contribution in [1.82, 2.24) is 4.90 Å². The highest BCUT2D eigenvalue weighted by molar-refractivity contribution is 6.32. The molecule has 1 aliphatic heterocycles. The minimum atomic E-state index is -0.967. The van der Waals surface area contributed by atoms with Crippen molar-refractivity contribution in [3.63, 3.8) is 0 Å². The van der Waals surface area contributed by atoms with Crippen molar-refractivity contribution in [1.29, 1.82) is 0 Å². The van der Waals surface area contributed by atoms with E-state index in [-0.39, 0.29) is 17.0 Å². The summed E-state index contributed by atoms with van der Waals surface area (Å²) in [7, 11) is 5.96. The fourth-order valence-corrected chi connectivity index (χ4v) is 4.66. The van der Waals surface area contributed by atoms with Gasteiger partial charge in [0.2, 0.25) is 5.91 Å². The number of halogens is 2. The molecule has 3 aromatic rings. The van der Waals surface area contributed by atoms with Crippen LogP contribution in [0.2, 0.25) is 5.02 Å². The Kier molecular flexibility index (Phi) is 6.84. The van der Waals surface area contributed by atoms with E-state index in [0.717, 1.165) is 0 Å². The number of rotatable bonds is 6. The molecule has 0 aromatic heterocycles. The first-order valence-corrected chi connectivity index (χ1v) is 11.1. The highest BCUT2D eigenvalue weighted by Gasteiger charge is 2.44. The van der Waals surface area contributed by atoms with Crippen LogP contribution < -0.4 is 19.5 Å². The maximum Gasteiger partial charge on any atom is 0.254 e. The second-order valence-corrected chi connectivity index (χ2v) is 8.40. The SMILES string of the molecule is COc1ccc(NC(=O)[C@@H]2c3cc(OC)c(OC)cc3C(=O)N(C)[C@H]2c2ccccc2F)cc1Cl. The summed E-state index contributed by atoms with van der Waals surface area (Å²) >= 11 is 6.23. The van der Waals surface area contributed by atoms with E-state index in [2.05, 4.69) is 5.32 Å². The molecule has 9 heteroatoms. The Morgan fingerprint density at radius 1 is 0.943 bits per heavy atom. The van der Waals surface area contributed by atoms with Gasteiger partial charge in [0.1, 0.15) is 11.6 Å². The van der Waals surface area contributed by atoms with Gasteiger partial charge in [0.25, 0.3) is 5.91 Å². The fourth-order valence-electron chi connectivity index (χ4n) is 4.40. The summed E-state index contributed by atoms with van der Waals surface area (Å²) < 4.78 is 30.9. The summed E-state index contributed by atoms with van der Waals surface area (Å²) in [5.41, 5.74) is 1.31. The number of likely N-dealkylation sites (N-methyl/N-ethyl adjacent to an activating group) is 1. The molecule has 3 aromatic carbocycles. The van der Waals surface area contributed by atoms with Gasteiger partial charge in [-0.15, -0.1) is 0 Å². The van der Waals surface area contributed by atoms with Crippen LogP contribution in [0.5, 0.6) is 17.2 Å². The number of methoxy groups -OCH3 is 3. The molecule has 2 amide bonds. The summed E-state index contributed by atoms with van der Waals surface area (Å²) in [5.74, 6) is -1.16. The Morgan fingerprint density at radius 2 is 1.60 bits per heavy atom. The first kappa shape index (κ1) is 24.3. The lowest BCUT2D eigenvalue weighted by Gasteiger charge is -2.40. The van der Waals surface area contributed by atoms with Gasteiger partial charge in [-0.2, -0.15) is 0 Å². The molecule has 1 heterocycles. The predicted molar refractivity (Wildman–Crippen MR) is 130 cm³/mol. The van der Waals surface area contributed by atoms with Crippen molar-refractivity contribution in [2.24, 2.45) is 0 Å². The number of carbonyl (C=O) groups excluding carboxylic acids is 2. The molecule has 1 aliphatic rings. The molecule has 0 radical (unpaired) electrons. The molecule has 7 nitrogen and oxygen atoms in total. The van der Waals surface area contributed by atoms with Crippen molar-refractivity contribution in [2.45, 2.75) is 12.0 Å². The van der Waals surface area contributed by atoms with Crippen LogP contribution in [-0.4, -0.2) is 45.1 Å². The number of hydrogen-bond acceptors (Lipinski definition) is 5. The maximum atomic E-state index is 15.0. The van der Waals surface area contributed by atoms with E-state index in [1.165, 1.54) is 38.4 Å². The lowest BCUT2D eigenvalue weighted by Crippen LogP contribution is -2.44. The van der Waals surface area contributed by atoms with Gasteiger partial charge in [0.15, 0.2) is 11.5 Å². The van der Waals surface area contributed by atoms with Gasteiger partial charge >= 0.3 is 0 Å². The number of anilines is 1. The van der Waals surface area contributed by atoms with Gasteiger partial charge in [-0.3, -0.25) is 9.59 Å². The van der Waals surface area contributed by atoms with Gasteiger partial charge in [-0.1, -0.05) is 29.8 Å². The lowest BCUT2D eigenvalue weighted by atomic mass is 9.79. The van der Waals surface area contributed by atoms with Gasteiger partial charge in [0, 0.05) is 23.9 Å². The standard InChI is InChI=1S/C26H24ClFN2O5/c1-30-24(15-7-5-6-8-19(15)28)23(25(31)29-14-9-10-20(33-2)18(27)11-14)16-12-21(34-3)22(35-4)13-17(16)26(30)32/h5-13,23-24H,1-4H3,(H,29,31)/t23-,24+/m1/s1. The smallest absolute Gasteiger partial charge is 0.254 e. The number of ether oxygens (including phenoxy) is 3. The molecular weight excluding hydrogens is 475 g/mol. The Hall–Kier alpha value is -3.78. The zero-order chi connectivity index (χ0) is 25.3. The van der Waals surface area contributed by atoms with E-state index in [1.54, 1.807) is 49.5 Å². The van der Waals surface area contributed by atoms with Gasteiger partial charge in [-0.25, -0.2) is 4.39 Å². The number of hydrogen-bond donors (Lipinski definition) is 1. The fraction of sp³-hybridized carbons (Fsp3) is 0.231. The van der Waals surface area contributed by atoms with Crippen molar-refractivity contribution < 1.29 is 28.2 Å². The summed E-state index contributed by atoms with van der Waals surface area (Å²) in [6.07, 6.45) is 0. The van der Waals surface area contributed by atoms with Crippen LogP contribution in [0, 0.1) is 5.82 Å². The summed E-state index contributed by atoms with van der Waals surface area (Å²) in [4.78, 5) is 28.5. The van der Waals surface area contributed by atoms with Crippen molar-refractivity contribution in [3.8, 4) is 17.2 Å². The second-order valence-electron chi connectivity index (χ2n) is 7.99. The maximum absolute atomic E-state index is 15.0. The normalized spacial score (nSPS) is 17.0. The van der Waals surface area contributed by atoms with Crippen LogP contribution in [0.15, 0.2) is 54.6 Å². The number of amides is 2. The average molecular weight is 499 g/mol. The Bertz CT molecular complexity index is 1300. The monoisotopic (exact) mass is 498 g/mol. The molecule has 0 unspecified atom stereocenters. The molecule has 0 fully saturated rings. The van der Waals surface area contributed by atoms with E-state index < -0.39 is 23.7 Å². The minimum Gasteiger partial charge on any atom is -0.495 e. The molecule has 2 atom stereocenters. The largest absolute Gasteiger partial charge is 0.495 e. The minimum absolute atomic E-state index is 0.219. The average Bonchev–Trinajstić information content (AvgIpc) is 2.85. The lowest BCUT2D eigenvalue weighted by molar-refractivity contribution is -0.119. The van der Waals surface area contributed by atoms with Crippen LogP contribution in [-0.2, 0) is 4.79 Å². The highest BCUT2D eigenvalue weighted by Crippen LogP contribution is 2.46. The van der Waals surface area contributed by atoms with E-state index >= 15 is 0 Å². The zero-order valence-corrected chi connectivity index (χ0v) is 20.4. The molecule has 0 saturated carbocycles. The number of fused-ring (bicyclic) bond motifs is 1. The number of benzene rings is 3. The second kappa shape index (κ2) is 9.84. The van der Waals surface area contributed by atoms with Crippen molar-refractivity contribution >= 4 is 29.1 Å². The molecule has 0 aliphatic carbocycles. The van der Waals surface area contributed by atoms with Crippen molar-refractivity contribution in [3.05, 3.63) is 82.1 Å². The van der Waals surface area contributed by atoms with Gasteiger partial charge in [0.05, 0.1) is 38.3 Å². The van der Waals surface area contributed by atoms with Crippen molar-refractivity contribution in [2.75, 3.05) is 33.7 Å². The Labute approximate surface area is 207 Å². The van der Waals surface area contributed by atoms with Crippen LogP contribution in [0.4, 0.5) is 10.1 Å². The van der Waals surface area contributed by atoms with Crippen LogP contribution in [0.3, 0.4) is 0 Å². The van der Waals surface area contributed by atoms with Gasteiger partial charge in [-0.05, 0) is 42.0 Å². The van der Waals surface area contributed by atoms with Crippen LogP contribution in [0.1, 0.15) is 33.4 Å². The van der Waals surface area contributed by atoms with Crippen LogP contribution >= 0.6 is 11.6 Å². The molecule has 0 bridgehead atoms. The van der Waals surface area contributed by atoms with E-state index in [1.807, 2.05) is 0 Å². The molecule has 4 rings (SSSR count). The zero-order valence-electron chi connectivity index (χ0n) is 19.6. The topological polar surface area (TPSA) is 77.1 Å². The molecular formula is C26H24ClFN2O5. The highest BCUT2D eigenvalue weighted by atomic mass is 35.5. The molecule has 35 heavy (non-hydrogen) atoms. The van der Waals surface area contributed by atoms with Crippen LogP contribution in [0.25, 0.3) is 0 Å². The van der Waals surface area contributed by atoms with E-state index in [4.69, 9.17) is 25.8 Å². The van der Waals surface area contributed by atoms with E-state index in [9.17, 15) is 14.0 Å². The first-order chi connectivity index (χ1) is 16.8. The summed E-state index contributed by atoms with van der Waals surface area (Å²) in [6.45, 7) is 0. The third kappa shape index (κ3) is 4.37. The third-order valence-electron chi connectivity index (χ3n) is 6.10. The van der Waals surface area contributed by atoms with Gasteiger partial charge < -0.3 is 24.4 Å². The number of carbonyl (C=O) groups is 2. The van der Waals surface area contributed by atoms with E-state index in [0.29, 0.717) is 33.5 Å². The molecule has 182 valence electrons. The molecule has 0 spiro atoms. The first-order valence-electron chi connectivity index (χ1n) is 10.7. The Balaban J connectivity index is 1.87. The number of nitrogens with one attached hydrogen (secondary N) is 1. The quantitative estimate of drug-likeness (QED) is 0.514. The molecule has 0 saturated heterocycles. The predicted octanol–water partition coefficient (Wildman–Crippen LogP) is 5.05.